The molecule has 0 fully saturated rings. The maximum Gasteiger partial charge on any atom is 0.337 e. The van der Waals surface area contributed by atoms with Gasteiger partial charge in [-0.25, -0.2) is 4.79 Å². The summed E-state index contributed by atoms with van der Waals surface area (Å²) in [4.78, 5) is 42.8. The number of amides is 1. The summed E-state index contributed by atoms with van der Waals surface area (Å²) in [6, 6.07) is 29.2. The number of esters is 1. The van der Waals surface area contributed by atoms with Crippen molar-refractivity contribution in [2.45, 2.75) is 51.0 Å². The van der Waals surface area contributed by atoms with E-state index in [0.717, 1.165) is 16.9 Å². The van der Waals surface area contributed by atoms with Crippen LogP contribution in [-0.2, 0) is 14.9 Å². The van der Waals surface area contributed by atoms with E-state index in [9.17, 15) is 14.4 Å². The Balaban J connectivity index is 1.52. The van der Waals surface area contributed by atoms with Crippen LogP contribution in [0.25, 0.3) is 0 Å². The van der Waals surface area contributed by atoms with E-state index in [1.54, 1.807) is 53.4 Å². The van der Waals surface area contributed by atoms with E-state index in [1.165, 1.54) is 12.7 Å². The Morgan fingerprint density at radius 1 is 0.844 bits per heavy atom. The summed E-state index contributed by atoms with van der Waals surface area (Å²) >= 11 is 6.57. The van der Waals surface area contributed by atoms with Crippen LogP contribution in [0.15, 0.2) is 108 Å². The fourth-order valence-corrected chi connectivity index (χ4v) is 6.52. The van der Waals surface area contributed by atoms with E-state index in [-0.39, 0.29) is 23.0 Å². The topological polar surface area (TPSA) is 75.7 Å². The SMILES string of the molecule is COC(=O)c1ccc([C@@H]2C3=C(C[C@@H](c4ccc(C(C)(C)C)cc4)CC3=O)Nc3ccccc3N2C(=O)c2ccccc2Cl)cc1. The molecule has 228 valence electrons. The molecule has 6 nitrogen and oxygen atoms in total. The number of para-hydroxylation sites is 2. The lowest BCUT2D eigenvalue weighted by molar-refractivity contribution is -0.116. The Morgan fingerprint density at radius 3 is 2.16 bits per heavy atom. The Morgan fingerprint density at radius 2 is 1.49 bits per heavy atom. The van der Waals surface area contributed by atoms with Crippen LogP contribution in [0.2, 0.25) is 5.02 Å². The summed E-state index contributed by atoms with van der Waals surface area (Å²) in [7, 11) is 1.33. The summed E-state index contributed by atoms with van der Waals surface area (Å²) in [5.74, 6) is -0.871. The molecule has 0 spiro atoms. The van der Waals surface area contributed by atoms with Gasteiger partial charge in [0, 0.05) is 17.7 Å². The number of benzene rings is 4. The highest BCUT2D eigenvalue weighted by Gasteiger charge is 2.42. The molecule has 2 aliphatic rings. The number of methoxy groups -OCH3 is 1. The van der Waals surface area contributed by atoms with E-state index in [0.29, 0.717) is 45.8 Å². The lowest BCUT2D eigenvalue weighted by atomic mass is 9.77. The summed E-state index contributed by atoms with van der Waals surface area (Å²) in [5, 5.41) is 3.89. The van der Waals surface area contributed by atoms with Crippen molar-refractivity contribution >= 4 is 40.6 Å². The van der Waals surface area contributed by atoms with E-state index in [4.69, 9.17) is 16.3 Å². The first-order valence-corrected chi connectivity index (χ1v) is 15.4. The molecule has 0 saturated carbocycles. The molecule has 4 aromatic carbocycles. The Hall–Kier alpha value is -4.68. The minimum absolute atomic E-state index is 0.0252. The average molecular weight is 619 g/mol. The van der Waals surface area contributed by atoms with Gasteiger partial charge in [-0.1, -0.05) is 93.0 Å². The van der Waals surface area contributed by atoms with Gasteiger partial charge in [-0.2, -0.15) is 0 Å². The molecule has 6 rings (SSSR count). The molecular weight excluding hydrogens is 584 g/mol. The van der Waals surface area contributed by atoms with E-state index >= 15 is 0 Å². The van der Waals surface area contributed by atoms with Gasteiger partial charge in [-0.15, -0.1) is 0 Å². The third-order valence-electron chi connectivity index (χ3n) is 8.71. The van der Waals surface area contributed by atoms with Gasteiger partial charge in [0.1, 0.15) is 0 Å². The number of hydrogen-bond donors (Lipinski definition) is 1. The minimum atomic E-state index is -0.775. The zero-order chi connectivity index (χ0) is 31.9. The molecule has 0 unspecified atom stereocenters. The van der Waals surface area contributed by atoms with Crippen molar-refractivity contribution in [2.24, 2.45) is 0 Å². The summed E-state index contributed by atoms with van der Waals surface area (Å²) in [6.07, 6.45) is 0.895. The van der Waals surface area contributed by atoms with E-state index < -0.39 is 12.0 Å². The smallest absolute Gasteiger partial charge is 0.337 e. The summed E-state index contributed by atoms with van der Waals surface area (Å²) < 4.78 is 4.91. The third kappa shape index (κ3) is 5.78. The van der Waals surface area contributed by atoms with Crippen LogP contribution in [0.5, 0.6) is 0 Å². The van der Waals surface area contributed by atoms with Gasteiger partial charge in [0.15, 0.2) is 5.78 Å². The highest BCUT2D eigenvalue weighted by molar-refractivity contribution is 6.34. The molecule has 1 heterocycles. The molecule has 1 N–H and O–H groups in total. The van der Waals surface area contributed by atoms with Gasteiger partial charge in [0.25, 0.3) is 5.91 Å². The van der Waals surface area contributed by atoms with Crippen molar-refractivity contribution in [3.63, 3.8) is 0 Å². The number of allylic oxidation sites excluding steroid dienone is 1. The molecule has 0 aromatic heterocycles. The van der Waals surface area contributed by atoms with Crippen LogP contribution < -0.4 is 10.2 Å². The molecule has 45 heavy (non-hydrogen) atoms. The fraction of sp³-hybridized carbons (Fsp3) is 0.237. The van der Waals surface area contributed by atoms with Gasteiger partial charge in [-0.3, -0.25) is 14.5 Å². The fourth-order valence-electron chi connectivity index (χ4n) is 6.30. The average Bonchev–Trinajstić information content (AvgIpc) is 3.19. The molecule has 4 aromatic rings. The largest absolute Gasteiger partial charge is 0.465 e. The number of halogens is 1. The van der Waals surface area contributed by atoms with Crippen molar-refractivity contribution in [1.29, 1.82) is 0 Å². The van der Waals surface area contributed by atoms with Crippen LogP contribution in [-0.4, -0.2) is 24.8 Å². The Kier molecular flexibility index (Phi) is 8.10. The number of carbonyl (C=O) groups excluding carboxylic acids is 3. The lowest BCUT2D eigenvalue weighted by Gasteiger charge is -2.35. The summed E-state index contributed by atoms with van der Waals surface area (Å²) in [6.45, 7) is 6.55. The van der Waals surface area contributed by atoms with Crippen molar-refractivity contribution in [3.05, 3.63) is 141 Å². The van der Waals surface area contributed by atoms with E-state index in [1.807, 2.05) is 24.3 Å². The molecule has 0 bridgehead atoms. The van der Waals surface area contributed by atoms with Crippen LogP contribution in [0.1, 0.15) is 83.0 Å². The van der Waals surface area contributed by atoms with Gasteiger partial charge >= 0.3 is 5.97 Å². The maximum absolute atomic E-state index is 14.5. The number of rotatable bonds is 4. The Bertz CT molecular complexity index is 1820. The lowest BCUT2D eigenvalue weighted by Crippen LogP contribution is -2.38. The zero-order valence-electron chi connectivity index (χ0n) is 25.8. The first-order valence-electron chi connectivity index (χ1n) is 15.1. The molecule has 1 aliphatic carbocycles. The molecule has 7 heteroatoms. The van der Waals surface area contributed by atoms with E-state index in [2.05, 4.69) is 50.4 Å². The van der Waals surface area contributed by atoms with Gasteiger partial charge in [-0.05, 0) is 70.8 Å². The highest BCUT2D eigenvalue weighted by atomic mass is 35.5. The third-order valence-corrected chi connectivity index (χ3v) is 9.04. The molecule has 1 amide bonds. The number of ether oxygens (including phenoxy) is 1. The van der Waals surface area contributed by atoms with Crippen LogP contribution in [0.3, 0.4) is 0 Å². The van der Waals surface area contributed by atoms with Crippen molar-refractivity contribution in [2.75, 3.05) is 17.3 Å². The van der Waals surface area contributed by atoms with Crippen molar-refractivity contribution in [1.82, 2.24) is 0 Å². The molecular formula is C38H35ClN2O4. The zero-order valence-corrected chi connectivity index (χ0v) is 26.5. The second-order valence-corrected chi connectivity index (χ2v) is 13.0. The van der Waals surface area contributed by atoms with Gasteiger partial charge in [0.05, 0.1) is 40.7 Å². The normalized spacial score (nSPS) is 18.0. The minimum Gasteiger partial charge on any atom is -0.465 e. The monoisotopic (exact) mass is 618 g/mol. The number of carbonyl (C=O) groups is 3. The van der Waals surface area contributed by atoms with Crippen molar-refractivity contribution < 1.29 is 19.1 Å². The standard InChI is InChI=1S/C38H35ClN2O4/c1-38(2,3)27-19-17-23(18-20-27)26-21-31-34(33(42)22-26)35(24-13-15-25(16-14-24)37(44)45-4)41(32-12-8-7-11-30(32)40-31)36(43)28-9-5-6-10-29(28)39/h5-20,26,35,40H,21-22H2,1-4H3/t26-,35-/m1/s1. The molecule has 1 aliphatic heterocycles. The predicted octanol–water partition coefficient (Wildman–Crippen LogP) is 8.64. The van der Waals surface area contributed by atoms with Crippen LogP contribution >= 0.6 is 11.6 Å². The summed E-state index contributed by atoms with van der Waals surface area (Å²) in [5.41, 5.74) is 6.40. The number of hydrogen-bond acceptors (Lipinski definition) is 5. The number of nitrogens with one attached hydrogen (secondary N) is 1. The van der Waals surface area contributed by atoms with Gasteiger partial charge < -0.3 is 10.1 Å². The Labute approximate surface area is 268 Å². The predicted molar refractivity (Wildman–Crippen MR) is 178 cm³/mol. The highest BCUT2D eigenvalue weighted by Crippen LogP contribution is 2.48. The number of Topliss-reactive ketones (excluding diaryl/α,β-unsaturated/α-hetero) is 1. The second kappa shape index (κ2) is 12.0. The van der Waals surface area contributed by atoms with Crippen LogP contribution in [0, 0.1) is 0 Å². The second-order valence-electron chi connectivity index (χ2n) is 12.6. The van der Waals surface area contributed by atoms with Crippen LogP contribution in [0.4, 0.5) is 11.4 Å². The van der Waals surface area contributed by atoms with Gasteiger partial charge in [0.2, 0.25) is 0 Å². The van der Waals surface area contributed by atoms with Crippen molar-refractivity contribution in [3.8, 4) is 0 Å². The molecule has 0 saturated heterocycles. The first-order chi connectivity index (χ1) is 21.6. The molecule has 0 radical (unpaired) electrons. The number of nitrogens with zero attached hydrogens (tertiary/aromatic N) is 1. The quantitative estimate of drug-likeness (QED) is 0.232. The molecule has 2 atom stereocenters. The maximum atomic E-state index is 14.5. The number of ketones is 1. The number of fused-ring (bicyclic) bond motifs is 1. The number of anilines is 2. The first kappa shape index (κ1) is 30.4.